The topological polar surface area (TPSA) is 38.7 Å². The average molecular weight is 275 g/mol. The predicted octanol–water partition coefficient (Wildman–Crippen LogP) is 2.73. The lowest BCUT2D eigenvalue weighted by molar-refractivity contribution is 0.171. The summed E-state index contributed by atoms with van der Waals surface area (Å²) in [5.41, 5.74) is 1.09. The third-order valence-electron chi connectivity index (χ3n) is 2.45. The second-order valence-corrected chi connectivity index (χ2v) is 5.74. The molecule has 0 bridgehead atoms. The maximum atomic E-state index is 8.97. The summed E-state index contributed by atoms with van der Waals surface area (Å²) in [6.45, 7) is 3.28. The summed E-state index contributed by atoms with van der Waals surface area (Å²) in [5, 5.41) is 9.78. The number of benzene rings is 1. The molecule has 0 saturated heterocycles. The van der Waals surface area contributed by atoms with Crippen LogP contribution in [0.4, 0.5) is 0 Å². The van der Waals surface area contributed by atoms with Crippen LogP contribution in [-0.2, 0) is 5.75 Å². The zero-order valence-corrected chi connectivity index (χ0v) is 11.2. The Hall–Kier alpha value is -0.580. The third kappa shape index (κ3) is 3.21. The van der Waals surface area contributed by atoms with E-state index in [1.54, 1.807) is 11.8 Å². The molecule has 1 aliphatic heterocycles. The Labute approximate surface area is 110 Å². The van der Waals surface area contributed by atoms with Crippen molar-refractivity contribution in [3.8, 4) is 11.5 Å². The number of hydrogen-bond donors (Lipinski definition) is 1. The predicted molar refractivity (Wildman–Crippen MR) is 70.3 cm³/mol. The number of fused-ring (bicyclic) bond motifs is 1. The van der Waals surface area contributed by atoms with Crippen LogP contribution in [0.3, 0.4) is 0 Å². The maximum Gasteiger partial charge on any atom is 0.179 e. The van der Waals surface area contributed by atoms with Gasteiger partial charge in [-0.1, -0.05) is 18.5 Å². The molecule has 2 rings (SSSR count). The van der Waals surface area contributed by atoms with E-state index in [4.69, 9.17) is 26.2 Å². The van der Waals surface area contributed by atoms with Crippen molar-refractivity contribution in [2.24, 2.45) is 0 Å². The monoisotopic (exact) mass is 274 g/mol. The van der Waals surface area contributed by atoms with E-state index >= 15 is 0 Å². The highest BCUT2D eigenvalue weighted by atomic mass is 35.5. The van der Waals surface area contributed by atoms with E-state index in [0.717, 1.165) is 17.1 Å². The fourth-order valence-electron chi connectivity index (χ4n) is 1.54. The summed E-state index contributed by atoms with van der Waals surface area (Å²) in [7, 11) is 0. The number of aliphatic hydroxyl groups excluding tert-OH is 1. The van der Waals surface area contributed by atoms with Gasteiger partial charge in [-0.3, -0.25) is 0 Å². The minimum atomic E-state index is 0.183. The summed E-state index contributed by atoms with van der Waals surface area (Å²) >= 11 is 7.82. The van der Waals surface area contributed by atoms with Gasteiger partial charge in [-0.15, -0.1) is 0 Å². The Morgan fingerprint density at radius 1 is 1.41 bits per heavy atom. The van der Waals surface area contributed by atoms with Crippen molar-refractivity contribution in [2.45, 2.75) is 17.9 Å². The van der Waals surface area contributed by atoms with Crippen LogP contribution in [0.2, 0.25) is 5.02 Å². The second kappa shape index (κ2) is 5.85. The highest BCUT2D eigenvalue weighted by Crippen LogP contribution is 2.39. The molecule has 0 aliphatic carbocycles. The van der Waals surface area contributed by atoms with Crippen molar-refractivity contribution in [1.29, 1.82) is 0 Å². The molecule has 0 amide bonds. The van der Waals surface area contributed by atoms with Crippen molar-refractivity contribution in [1.82, 2.24) is 0 Å². The molecule has 1 unspecified atom stereocenters. The molecule has 0 aromatic heterocycles. The van der Waals surface area contributed by atoms with Crippen LogP contribution < -0.4 is 9.47 Å². The molecule has 0 fully saturated rings. The van der Waals surface area contributed by atoms with E-state index in [9.17, 15) is 0 Å². The average Bonchev–Trinajstić information content (AvgIpc) is 2.36. The van der Waals surface area contributed by atoms with E-state index in [-0.39, 0.29) is 11.9 Å². The molecule has 1 atom stereocenters. The summed E-state index contributed by atoms with van der Waals surface area (Å²) in [6, 6.07) is 3.85. The quantitative estimate of drug-likeness (QED) is 0.916. The number of rotatable bonds is 4. The van der Waals surface area contributed by atoms with Crippen LogP contribution in [0.5, 0.6) is 11.5 Å². The smallest absolute Gasteiger partial charge is 0.179 e. The molecule has 1 aromatic carbocycles. The number of halogens is 1. The van der Waals surface area contributed by atoms with Crippen LogP contribution in [0.15, 0.2) is 12.1 Å². The lowest BCUT2D eigenvalue weighted by Crippen LogP contribution is -2.15. The SMILES string of the molecule is CC(CO)SCc1cc(Cl)c2c(c1)OCCO2. The van der Waals surface area contributed by atoms with Crippen molar-refractivity contribution < 1.29 is 14.6 Å². The van der Waals surface area contributed by atoms with Crippen LogP contribution in [0.1, 0.15) is 12.5 Å². The van der Waals surface area contributed by atoms with Crippen LogP contribution >= 0.6 is 23.4 Å². The minimum absolute atomic E-state index is 0.183. The summed E-state index contributed by atoms with van der Waals surface area (Å²) < 4.78 is 11.0. The molecule has 5 heteroatoms. The summed E-state index contributed by atoms with van der Waals surface area (Å²) in [6.07, 6.45) is 0. The molecule has 0 radical (unpaired) electrons. The first kappa shape index (κ1) is 12.9. The first-order valence-corrected chi connectivity index (χ1v) is 6.94. The molecule has 1 N–H and O–H groups in total. The fraction of sp³-hybridized carbons (Fsp3) is 0.500. The fourth-order valence-corrected chi connectivity index (χ4v) is 2.58. The van der Waals surface area contributed by atoms with E-state index in [0.29, 0.717) is 24.0 Å². The maximum absolute atomic E-state index is 8.97. The Bertz CT molecular complexity index is 398. The molecule has 0 spiro atoms. The molecule has 17 heavy (non-hydrogen) atoms. The van der Waals surface area contributed by atoms with Gasteiger partial charge in [-0.25, -0.2) is 0 Å². The molecular weight excluding hydrogens is 260 g/mol. The Morgan fingerprint density at radius 3 is 2.94 bits per heavy atom. The summed E-state index contributed by atoms with van der Waals surface area (Å²) in [4.78, 5) is 0. The first-order valence-electron chi connectivity index (χ1n) is 5.51. The Balaban J connectivity index is 2.11. The highest BCUT2D eigenvalue weighted by Gasteiger charge is 2.16. The van der Waals surface area contributed by atoms with E-state index in [1.165, 1.54) is 0 Å². The van der Waals surface area contributed by atoms with Gasteiger partial charge in [-0.05, 0) is 17.7 Å². The van der Waals surface area contributed by atoms with Crippen molar-refractivity contribution >= 4 is 23.4 Å². The van der Waals surface area contributed by atoms with Gasteiger partial charge in [0.15, 0.2) is 11.5 Å². The largest absolute Gasteiger partial charge is 0.486 e. The van der Waals surface area contributed by atoms with Crippen molar-refractivity contribution in [3.63, 3.8) is 0 Å². The van der Waals surface area contributed by atoms with Gasteiger partial charge in [0, 0.05) is 11.0 Å². The Morgan fingerprint density at radius 2 is 2.18 bits per heavy atom. The van der Waals surface area contributed by atoms with E-state index in [2.05, 4.69) is 0 Å². The van der Waals surface area contributed by atoms with Gasteiger partial charge in [-0.2, -0.15) is 11.8 Å². The molecule has 94 valence electrons. The molecule has 3 nitrogen and oxygen atoms in total. The van der Waals surface area contributed by atoms with Gasteiger partial charge >= 0.3 is 0 Å². The number of hydrogen-bond acceptors (Lipinski definition) is 4. The number of aliphatic hydroxyl groups is 1. The highest BCUT2D eigenvalue weighted by molar-refractivity contribution is 7.99. The molecule has 1 aromatic rings. The standard InChI is InChI=1S/C12H15ClO3S/c1-8(6-14)17-7-9-4-10(13)12-11(5-9)15-2-3-16-12/h4-5,8,14H,2-3,6-7H2,1H3. The molecule has 0 saturated carbocycles. The molecule has 1 aliphatic rings. The summed E-state index contributed by atoms with van der Waals surface area (Å²) in [5.74, 6) is 2.16. The second-order valence-electron chi connectivity index (χ2n) is 3.91. The van der Waals surface area contributed by atoms with Crippen LogP contribution in [0, 0.1) is 0 Å². The van der Waals surface area contributed by atoms with Crippen molar-refractivity contribution in [3.05, 3.63) is 22.7 Å². The normalized spacial score (nSPS) is 15.7. The van der Waals surface area contributed by atoms with Gasteiger partial charge in [0.05, 0.1) is 11.6 Å². The lowest BCUT2D eigenvalue weighted by Gasteiger charge is -2.20. The third-order valence-corrected chi connectivity index (χ3v) is 3.95. The van der Waals surface area contributed by atoms with Gasteiger partial charge < -0.3 is 14.6 Å². The van der Waals surface area contributed by atoms with Gasteiger partial charge in [0.25, 0.3) is 0 Å². The number of ether oxygens (including phenoxy) is 2. The van der Waals surface area contributed by atoms with Crippen LogP contribution in [0.25, 0.3) is 0 Å². The lowest BCUT2D eigenvalue weighted by atomic mass is 10.2. The van der Waals surface area contributed by atoms with E-state index < -0.39 is 0 Å². The first-order chi connectivity index (χ1) is 8.20. The van der Waals surface area contributed by atoms with Gasteiger partial charge in [0.2, 0.25) is 0 Å². The Kier molecular flexibility index (Phi) is 4.42. The minimum Gasteiger partial charge on any atom is -0.486 e. The zero-order chi connectivity index (χ0) is 12.3. The zero-order valence-electron chi connectivity index (χ0n) is 9.61. The van der Waals surface area contributed by atoms with Crippen molar-refractivity contribution in [2.75, 3.05) is 19.8 Å². The molecule has 1 heterocycles. The van der Waals surface area contributed by atoms with E-state index in [1.807, 2.05) is 19.1 Å². The number of thioether (sulfide) groups is 1. The van der Waals surface area contributed by atoms with Crippen LogP contribution in [-0.4, -0.2) is 30.2 Å². The molecular formula is C12H15ClO3S. The van der Waals surface area contributed by atoms with Gasteiger partial charge in [0.1, 0.15) is 13.2 Å².